The number of aromatic nitrogens is 1. The summed E-state index contributed by atoms with van der Waals surface area (Å²) in [7, 11) is 2.14. The fourth-order valence-electron chi connectivity index (χ4n) is 2.82. The topological polar surface area (TPSA) is 74.5 Å². The van der Waals surface area contributed by atoms with Crippen molar-refractivity contribution in [1.82, 2.24) is 14.8 Å². The summed E-state index contributed by atoms with van der Waals surface area (Å²) in [6.07, 6.45) is 1.58. The minimum absolute atomic E-state index is 0.0309. The Labute approximate surface area is 131 Å². The van der Waals surface area contributed by atoms with Crippen LogP contribution >= 0.6 is 0 Å². The Balaban J connectivity index is 2.02. The summed E-state index contributed by atoms with van der Waals surface area (Å²) in [5.74, 6) is 0.825. The number of anilines is 1. The van der Waals surface area contributed by atoms with Gasteiger partial charge in [-0.05, 0) is 19.0 Å². The van der Waals surface area contributed by atoms with E-state index in [0.717, 1.165) is 26.2 Å². The van der Waals surface area contributed by atoms with Crippen molar-refractivity contribution < 1.29 is 4.92 Å². The molecule has 0 aromatic carbocycles. The predicted molar refractivity (Wildman–Crippen MR) is 87.1 cm³/mol. The SMILES string of the molecule is CC(C)C(CNc1ncccc1[N+](=O)[O-])N1CCN(C)CC1. The summed E-state index contributed by atoms with van der Waals surface area (Å²) in [6, 6.07) is 3.41. The van der Waals surface area contributed by atoms with E-state index in [0.29, 0.717) is 24.3 Å². The molecule has 0 bridgehead atoms. The van der Waals surface area contributed by atoms with Crippen molar-refractivity contribution in [2.24, 2.45) is 5.92 Å². The van der Waals surface area contributed by atoms with Gasteiger partial charge in [-0.3, -0.25) is 15.0 Å². The van der Waals surface area contributed by atoms with Crippen LogP contribution in [0.25, 0.3) is 0 Å². The standard InChI is InChI=1S/C15H25N5O2/c1-12(2)14(19-9-7-18(3)8-10-19)11-17-15-13(20(21)22)5-4-6-16-15/h4-6,12,14H,7-11H2,1-3H3,(H,16,17). The lowest BCUT2D eigenvalue weighted by Crippen LogP contribution is -2.52. The van der Waals surface area contributed by atoms with Crippen LogP contribution in [-0.2, 0) is 0 Å². The van der Waals surface area contributed by atoms with Crippen molar-refractivity contribution in [3.63, 3.8) is 0 Å². The molecule has 1 aromatic heterocycles. The molecule has 0 amide bonds. The van der Waals surface area contributed by atoms with Gasteiger partial charge in [0.2, 0.25) is 5.82 Å². The fourth-order valence-corrected chi connectivity index (χ4v) is 2.82. The van der Waals surface area contributed by atoms with Gasteiger partial charge in [-0.25, -0.2) is 4.98 Å². The highest BCUT2D eigenvalue weighted by Crippen LogP contribution is 2.21. The maximum atomic E-state index is 11.0. The molecule has 7 heteroatoms. The Morgan fingerprint density at radius 2 is 2.05 bits per heavy atom. The number of rotatable bonds is 6. The number of piperazine rings is 1. The lowest BCUT2D eigenvalue weighted by Gasteiger charge is -2.40. The molecule has 1 aromatic rings. The van der Waals surface area contributed by atoms with E-state index in [1.165, 1.54) is 6.07 Å². The first kappa shape index (κ1) is 16.6. The average molecular weight is 307 g/mol. The summed E-state index contributed by atoms with van der Waals surface area (Å²) < 4.78 is 0. The molecule has 1 saturated heterocycles. The number of likely N-dealkylation sites (N-methyl/N-ethyl adjacent to an activating group) is 1. The normalized spacial score (nSPS) is 18.4. The second-order valence-electron chi connectivity index (χ2n) is 6.16. The Morgan fingerprint density at radius 3 is 2.64 bits per heavy atom. The predicted octanol–water partition coefficient (Wildman–Crippen LogP) is 1.67. The van der Waals surface area contributed by atoms with E-state index in [1.807, 2.05) is 0 Å². The number of hydrogen-bond donors (Lipinski definition) is 1. The van der Waals surface area contributed by atoms with Crippen LogP contribution in [-0.4, -0.2) is 65.5 Å². The fraction of sp³-hybridized carbons (Fsp3) is 0.667. The molecule has 1 aliphatic rings. The maximum absolute atomic E-state index is 11.0. The van der Waals surface area contributed by atoms with Crippen molar-refractivity contribution in [3.05, 3.63) is 28.4 Å². The second-order valence-corrected chi connectivity index (χ2v) is 6.16. The molecule has 1 atom stereocenters. The lowest BCUT2D eigenvalue weighted by atomic mass is 10.0. The van der Waals surface area contributed by atoms with Crippen molar-refractivity contribution >= 4 is 11.5 Å². The molecular weight excluding hydrogens is 282 g/mol. The van der Waals surface area contributed by atoms with E-state index in [1.54, 1.807) is 12.3 Å². The van der Waals surface area contributed by atoms with Crippen LogP contribution in [0.4, 0.5) is 11.5 Å². The van der Waals surface area contributed by atoms with Gasteiger partial charge >= 0.3 is 5.69 Å². The van der Waals surface area contributed by atoms with Crippen LogP contribution in [0.2, 0.25) is 0 Å². The molecule has 122 valence electrons. The molecule has 1 unspecified atom stereocenters. The van der Waals surface area contributed by atoms with Crippen molar-refractivity contribution in [2.75, 3.05) is 45.1 Å². The minimum atomic E-state index is -0.393. The monoisotopic (exact) mass is 307 g/mol. The van der Waals surface area contributed by atoms with E-state index in [-0.39, 0.29) is 5.69 Å². The first-order valence-electron chi connectivity index (χ1n) is 7.75. The van der Waals surface area contributed by atoms with Crippen molar-refractivity contribution in [1.29, 1.82) is 0 Å². The van der Waals surface area contributed by atoms with Gasteiger partial charge in [-0.15, -0.1) is 0 Å². The Bertz CT molecular complexity index is 500. The van der Waals surface area contributed by atoms with Gasteiger partial charge in [0.05, 0.1) is 4.92 Å². The smallest absolute Gasteiger partial charge is 0.311 e. The first-order valence-corrected chi connectivity index (χ1v) is 7.75. The quantitative estimate of drug-likeness (QED) is 0.636. The lowest BCUT2D eigenvalue weighted by molar-refractivity contribution is -0.384. The van der Waals surface area contributed by atoms with E-state index in [9.17, 15) is 10.1 Å². The van der Waals surface area contributed by atoms with Crippen LogP contribution in [0, 0.1) is 16.0 Å². The number of nitrogens with one attached hydrogen (secondary N) is 1. The highest BCUT2D eigenvalue weighted by atomic mass is 16.6. The molecule has 1 N–H and O–H groups in total. The van der Waals surface area contributed by atoms with Crippen LogP contribution in [0.1, 0.15) is 13.8 Å². The van der Waals surface area contributed by atoms with Gasteiger partial charge in [0.25, 0.3) is 0 Å². The third kappa shape index (κ3) is 4.14. The molecule has 7 nitrogen and oxygen atoms in total. The van der Waals surface area contributed by atoms with Crippen molar-refractivity contribution in [2.45, 2.75) is 19.9 Å². The first-order chi connectivity index (χ1) is 10.5. The van der Waals surface area contributed by atoms with Crippen LogP contribution in [0.15, 0.2) is 18.3 Å². The van der Waals surface area contributed by atoms with E-state index < -0.39 is 4.92 Å². The molecule has 22 heavy (non-hydrogen) atoms. The van der Waals surface area contributed by atoms with Crippen LogP contribution in [0.5, 0.6) is 0 Å². The van der Waals surface area contributed by atoms with Gasteiger partial charge < -0.3 is 10.2 Å². The van der Waals surface area contributed by atoms with Gasteiger partial charge in [0, 0.05) is 51.0 Å². The zero-order chi connectivity index (χ0) is 16.1. The van der Waals surface area contributed by atoms with E-state index in [2.05, 4.69) is 41.0 Å². The van der Waals surface area contributed by atoms with Crippen molar-refractivity contribution in [3.8, 4) is 0 Å². The number of hydrogen-bond acceptors (Lipinski definition) is 6. The van der Waals surface area contributed by atoms with Gasteiger partial charge in [-0.1, -0.05) is 13.8 Å². The summed E-state index contributed by atoms with van der Waals surface area (Å²) in [5.41, 5.74) is 0.0309. The molecule has 0 saturated carbocycles. The molecule has 0 aliphatic carbocycles. The Kier molecular flexibility index (Phi) is 5.68. The van der Waals surface area contributed by atoms with E-state index >= 15 is 0 Å². The number of nitrogens with zero attached hydrogens (tertiary/aromatic N) is 4. The van der Waals surface area contributed by atoms with Gasteiger partial charge in [-0.2, -0.15) is 0 Å². The molecule has 1 aliphatic heterocycles. The second kappa shape index (κ2) is 7.51. The zero-order valence-corrected chi connectivity index (χ0v) is 13.5. The molecule has 0 spiro atoms. The Morgan fingerprint density at radius 1 is 1.36 bits per heavy atom. The van der Waals surface area contributed by atoms with Gasteiger partial charge in [0.1, 0.15) is 0 Å². The summed E-state index contributed by atoms with van der Waals surface area (Å²) >= 11 is 0. The zero-order valence-electron chi connectivity index (χ0n) is 13.5. The number of nitro groups is 1. The highest BCUT2D eigenvalue weighted by molar-refractivity contribution is 5.55. The highest BCUT2D eigenvalue weighted by Gasteiger charge is 2.25. The van der Waals surface area contributed by atoms with Gasteiger partial charge in [0.15, 0.2) is 0 Å². The molecule has 2 rings (SSSR count). The average Bonchev–Trinajstić information content (AvgIpc) is 2.49. The Hall–Kier alpha value is -1.73. The molecule has 0 radical (unpaired) electrons. The minimum Gasteiger partial charge on any atom is -0.363 e. The van der Waals surface area contributed by atoms with Crippen LogP contribution < -0.4 is 5.32 Å². The van der Waals surface area contributed by atoms with E-state index in [4.69, 9.17) is 0 Å². The largest absolute Gasteiger partial charge is 0.363 e. The molecule has 2 heterocycles. The maximum Gasteiger partial charge on any atom is 0.311 e. The third-order valence-corrected chi connectivity index (χ3v) is 4.24. The molecular formula is C15H25N5O2. The molecule has 1 fully saturated rings. The third-order valence-electron chi connectivity index (χ3n) is 4.24. The van der Waals surface area contributed by atoms with Crippen LogP contribution in [0.3, 0.4) is 0 Å². The summed E-state index contributed by atoms with van der Waals surface area (Å²) in [4.78, 5) is 19.6. The number of pyridine rings is 1. The summed E-state index contributed by atoms with van der Waals surface area (Å²) in [5, 5.41) is 14.2. The summed E-state index contributed by atoms with van der Waals surface area (Å²) in [6.45, 7) is 9.24.